The van der Waals surface area contributed by atoms with Gasteiger partial charge in [0.1, 0.15) is 0 Å². The summed E-state index contributed by atoms with van der Waals surface area (Å²) in [6, 6.07) is 4.01. The number of nitrogens with one attached hydrogen (secondary N) is 1. The highest BCUT2D eigenvalue weighted by atomic mass is 16.7. The van der Waals surface area contributed by atoms with Crippen LogP contribution in [0.3, 0.4) is 0 Å². The molecule has 0 bridgehead atoms. The van der Waals surface area contributed by atoms with Gasteiger partial charge in [0.15, 0.2) is 0 Å². The molecule has 2 heterocycles. The van der Waals surface area contributed by atoms with E-state index in [1.165, 1.54) is 0 Å². The van der Waals surface area contributed by atoms with E-state index in [9.17, 15) is 4.79 Å². The fraction of sp³-hybridized carbons (Fsp3) is 0.462. The fourth-order valence-corrected chi connectivity index (χ4v) is 2.53. The maximum atomic E-state index is 12.1. The van der Waals surface area contributed by atoms with Gasteiger partial charge >= 0.3 is 0 Å². The minimum absolute atomic E-state index is 0.207. The number of ether oxygens (including phenoxy) is 2. The zero-order chi connectivity index (χ0) is 12.0. The smallest absolute Gasteiger partial charge is 0.289 e. The van der Waals surface area contributed by atoms with Crippen molar-refractivity contribution >= 4 is 11.6 Å². The van der Waals surface area contributed by atoms with Crippen LogP contribution in [0.25, 0.3) is 0 Å². The molecule has 1 N–H and O–H groups in total. The van der Waals surface area contributed by atoms with Crippen LogP contribution in [0.4, 0.5) is 5.69 Å². The molecule has 0 aliphatic carbocycles. The first-order valence-electron chi connectivity index (χ1n) is 5.84. The molecule has 0 atom stereocenters. The molecule has 17 heavy (non-hydrogen) atoms. The Balaban J connectivity index is 2.18. The van der Waals surface area contributed by atoms with E-state index in [0.717, 1.165) is 28.8 Å². The zero-order valence-electron chi connectivity index (χ0n) is 10.0. The molecule has 4 nitrogen and oxygen atoms in total. The number of benzene rings is 1. The molecular weight excluding hydrogens is 218 g/mol. The second-order valence-electron chi connectivity index (χ2n) is 4.63. The van der Waals surface area contributed by atoms with Crippen LogP contribution < -0.4 is 5.32 Å². The van der Waals surface area contributed by atoms with Crippen LogP contribution in [-0.2, 0) is 20.1 Å². The number of fused-ring (bicyclic) bond motifs is 2. The van der Waals surface area contributed by atoms with Gasteiger partial charge in [0.25, 0.3) is 11.7 Å². The molecule has 2 aliphatic rings. The Morgan fingerprint density at radius 1 is 1.24 bits per heavy atom. The number of aryl methyl sites for hydroxylation is 2. The van der Waals surface area contributed by atoms with Crippen LogP contribution in [0.5, 0.6) is 0 Å². The Bertz CT molecular complexity index is 490. The average molecular weight is 233 g/mol. The van der Waals surface area contributed by atoms with Gasteiger partial charge in [0.2, 0.25) is 0 Å². The van der Waals surface area contributed by atoms with Gasteiger partial charge in [-0.15, -0.1) is 0 Å². The van der Waals surface area contributed by atoms with Crippen molar-refractivity contribution in [1.82, 2.24) is 0 Å². The van der Waals surface area contributed by atoms with E-state index in [2.05, 4.69) is 5.32 Å². The number of hydrogen-bond acceptors (Lipinski definition) is 3. The molecule has 3 rings (SSSR count). The Hall–Kier alpha value is -1.39. The van der Waals surface area contributed by atoms with Crippen molar-refractivity contribution in [3.63, 3.8) is 0 Å². The standard InChI is InChI=1S/C13H15NO3/c1-8-6-9(2)11-10(7-8)13(12(15)14-11)16-4-3-5-17-13/h6-7H,3-5H2,1-2H3,(H,14,15). The highest BCUT2D eigenvalue weighted by Crippen LogP contribution is 2.43. The predicted octanol–water partition coefficient (Wildman–Crippen LogP) is 1.85. The van der Waals surface area contributed by atoms with E-state index >= 15 is 0 Å². The quantitative estimate of drug-likeness (QED) is 0.743. The third-order valence-corrected chi connectivity index (χ3v) is 3.27. The number of carbonyl (C=O) groups is 1. The van der Waals surface area contributed by atoms with Gasteiger partial charge in [-0.3, -0.25) is 4.79 Å². The summed E-state index contributed by atoms with van der Waals surface area (Å²) < 4.78 is 11.3. The molecule has 1 saturated heterocycles. The molecule has 4 heteroatoms. The summed E-state index contributed by atoms with van der Waals surface area (Å²) in [6.07, 6.45) is 0.829. The summed E-state index contributed by atoms with van der Waals surface area (Å²) >= 11 is 0. The number of hydrogen-bond donors (Lipinski definition) is 1. The minimum Gasteiger partial charge on any atom is -0.338 e. The molecule has 1 spiro atoms. The van der Waals surface area contributed by atoms with Crippen LogP contribution >= 0.6 is 0 Å². The SMILES string of the molecule is Cc1cc(C)c2c(c1)C1(OCCCO1)C(=O)N2. The molecule has 1 amide bonds. The van der Waals surface area contributed by atoms with Crippen molar-refractivity contribution in [2.24, 2.45) is 0 Å². The molecule has 2 aliphatic heterocycles. The number of carbonyl (C=O) groups excluding carboxylic acids is 1. The third-order valence-electron chi connectivity index (χ3n) is 3.27. The van der Waals surface area contributed by atoms with Crippen LogP contribution in [0.2, 0.25) is 0 Å². The monoisotopic (exact) mass is 233 g/mol. The summed E-state index contributed by atoms with van der Waals surface area (Å²) in [7, 11) is 0. The molecule has 0 saturated carbocycles. The Kier molecular flexibility index (Phi) is 2.24. The second kappa shape index (κ2) is 3.55. The van der Waals surface area contributed by atoms with Crippen LogP contribution in [0, 0.1) is 13.8 Å². The zero-order valence-corrected chi connectivity index (χ0v) is 10.0. The third kappa shape index (κ3) is 1.41. The minimum atomic E-state index is -1.20. The van der Waals surface area contributed by atoms with E-state index in [1.54, 1.807) is 0 Å². The second-order valence-corrected chi connectivity index (χ2v) is 4.63. The van der Waals surface area contributed by atoms with Gasteiger partial charge in [-0.05, 0) is 31.9 Å². The molecule has 0 unspecified atom stereocenters. The molecule has 1 aromatic rings. The normalized spacial score (nSPS) is 21.4. The Morgan fingerprint density at radius 3 is 2.65 bits per heavy atom. The van der Waals surface area contributed by atoms with E-state index in [-0.39, 0.29) is 5.91 Å². The van der Waals surface area contributed by atoms with Crippen molar-refractivity contribution in [2.75, 3.05) is 18.5 Å². The van der Waals surface area contributed by atoms with Crippen LogP contribution in [0.15, 0.2) is 12.1 Å². The topological polar surface area (TPSA) is 47.6 Å². The molecule has 0 radical (unpaired) electrons. The molecule has 90 valence electrons. The lowest BCUT2D eigenvalue weighted by Crippen LogP contribution is -2.43. The summed E-state index contributed by atoms with van der Waals surface area (Å²) in [5, 5.41) is 2.86. The van der Waals surface area contributed by atoms with Gasteiger partial charge in [0.05, 0.1) is 18.9 Å². The maximum absolute atomic E-state index is 12.1. The van der Waals surface area contributed by atoms with Crippen molar-refractivity contribution in [3.05, 3.63) is 28.8 Å². The molecular formula is C13H15NO3. The van der Waals surface area contributed by atoms with E-state index in [0.29, 0.717) is 13.2 Å². The van der Waals surface area contributed by atoms with Crippen molar-refractivity contribution in [3.8, 4) is 0 Å². The molecule has 1 fully saturated rings. The van der Waals surface area contributed by atoms with Gasteiger partial charge in [-0.25, -0.2) is 0 Å². The van der Waals surface area contributed by atoms with Crippen molar-refractivity contribution < 1.29 is 14.3 Å². The van der Waals surface area contributed by atoms with Crippen molar-refractivity contribution in [1.29, 1.82) is 0 Å². The number of amides is 1. The van der Waals surface area contributed by atoms with Gasteiger partial charge in [-0.1, -0.05) is 11.6 Å². The first kappa shape index (κ1) is 10.7. The average Bonchev–Trinajstić information content (AvgIpc) is 2.56. The number of rotatable bonds is 0. The van der Waals surface area contributed by atoms with Gasteiger partial charge in [-0.2, -0.15) is 0 Å². The van der Waals surface area contributed by atoms with E-state index in [4.69, 9.17) is 9.47 Å². The van der Waals surface area contributed by atoms with Gasteiger partial charge in [0, 0.05) is 5.56 Å². The lowest BCUT2D eigenvalue weighted by molar-refractivity contribution is -0.255. The summed E-state index contributed by atoms with van der Waals surface area (Å²) in [5.41, 5.74) is 3.81. The highest BCUT2D eigenvalue weighted by molar-refractivity contribution is 6.05. The summed E-state index contributed by atoms with van der Waals surface area (Å²) in [4.78, 5) is 12.1. The van der Waals surface area contributed by atoms with Gasteiger partial charge < -0.3 is 14.8 Å². The molecule has 0 aromatic heterocycles. The molecule has 1 aromatic carbocycles. The first-order valence-corrected chi connectivity index (χ1v) is 5.84. The summed E-state index contributed by atoms with van der Waals surface area (Å²) in [6.45, 7) is 5.10. The van der Waals surface area contributed by atoms with Crippen LogP contribution in [-0.4, -0.2) is 19.1 Å². The first-order chi connectivity index (χ1) is 8.13. The predicted molar refractivity (Wildman–Crippen MR) is 62.7 cm³/mol. The van der Waals surface area contributed by atoms with Crippen molar-refractivity contribution in [2.45, 2.75) is 26.1 Å². The Morgan fingerprint density at radius 2 is 1.94 bits per heavy atom. The maximum Gasteiger partial charge on any atom is 0.289 e. The van der Waals surface area contributed by atoms with E-state index < -0.39 is 5.79 Å². The number of anilines is 1. The largest absolute Gasteiger partial charge is 0.338 e. The highest BCUT2D eigenvalue weighted by Gasteiger charge is 2.51. The van der Waals surface area contributed by atoms with Crippen LogP contribution in [0.1, 0.15) is 23.1 Å². The lowest BCUT2D eigenvalue weighted by atomic mass is 10.0. The van der Waals surface area contributed by atoms with E-state index in [1.807, 2.05) is 26.0 Å². The lowest BCUT2D eigenvalue weighted by Gasteiger charge is -2.31. The summed E-state index contributed by atoms with van der Waals surface area (Å²) in [5.74, 6) is -1.41. The fourth-order valence-electron chi connectivity index (χ4n) is 2.53. The Labute approximate surface area is 99.9 Å².